The van der Waals surface area contributed by atoms with Crippen LogP contribution in [0, 0.1) is 23.6 Å². The van der Waals surface area contributed by atoms with Gasteiger partial charge in [0, 0.05) is 43.0 Å². The molecule has 12 heteroatoms. The molecular weight excluding hydrogens is 585 g/mol. The van der Waals surface area contributed by atoms with Gasteiger partial charge in [0.1, 0.15) is 11.9 Å². The molecule has 1 saturated heterocycles. The lowest BCUT2D eigenvalue weighted by atomic mass is 10.1. The summed E-state index contributed by atoms with van der Waals surface area (Å²) in [5.74, 6) is 4.29. The van der Waals surface area contributed by atoms with Crippen molar-refractivity contribution in [3.05, 3.63) is 106 Å². The first-order valence-electron chi connectivity index (χ1n) is 14.1. The normalized spacial score (nSPS) is 14.8. The lowest BCUT2D eigenvalue weighted by molar-refractivity contribution is -0.140. The number of piperazine rings is 1. The third kappa shape index (κ3) is 7.14. The van der Waals surface area contributed by atoms with Crippen molar-refractivity contribution in [3.8, 4) is 11.8 Å². The summed E-state index contributed by atoms with van der Waals surface area (Å²) < 4.78 is 43.8. The molecule has 2 N–H and O–H groups in total. The van der Waals surface area contributed by atoms with Crippen molar-refractivity contribution in [2.75, 3.05) is 31.1 Å². The maximum Gasteiger partial charge on any atom is 0.322 e. The molecule has 1 aromatic heterocycles. The molecule has 44 heavy (non-hydrogen) atoms. The second-order valence-corrected chi connectivity index (χ2v) is 12.6. The molecular formula is C32H32FN5O5S. The maximum atomic E-state index is 13.2. The maximum absolute atomic E-state index is 13.2. The average Bonchev–Trinajstić information content (AvgIpc) is 3.01. The zero-order valence-electron chi connectivity index (χ0n) is 24.3. The summed E-state index contributed by atoms with van der Waals surface area (Å²) in [6.45, 7) is 4.94. The lowest BCUT2D eigenvalue weighted by Gasteiger charge is -2.36. The van der Waals surface area contributed by atoms with Crippen LogP contribution in [-0.2, 0) is 21.5 Å². The van der Waals surface area contributed by atoms with Crippen LogP contribution in [0.2, 0.25) is 0 Å². The molecule has 0 spiro atoms. The Kier molecular flexibility index (Phi) is 9.10. The van der Waals surface area contributed by atoms with Crippen molar-refractivity contribution in [2.45, 2.75) is 26.4 Å². The SMILES string of the molecule is CC(C)C(NS(=O)(=O)N1CCN(c2ccc(C#Cc3ccc4ncn(Cc5ccc(F)cc5)c(=O)c4c3)cc2)CC1)C(=O)O. The Labute approximate surface area is 254 Å². The smallest absolute Gasteiger partial charge is 0.322 e. The Bertz CT molecular complexity index is 1890. The number of rotatable bonds is 8. The fraction of sp³-hybridized carbons (Fsp3) is 0.281. The highest BCUT2D eigenvalue weighted by Gasteiger charge is 2.33. The van der Waals surface area contributed by atoms with Gasteiger partial charge in [0.2, 0.25) is 0 Å². The fourth-order valence-corrected chi connectivity index (χ4v) is 6.42. The van der Waals surface area contributed by atoms with Gasteiger partial charge >= 0.3 is 5.97 Å². The Balaban J connectivity index is 1.23. The van der Waals surface area contributed by atoms with Crippen LogP contribution in [0.4, 0.5) is 10.1 Å². The highest BCUT2D eigenvalue weighted by atomic mass is 32.2. The number of carboxylic acids is 1. The summed E-state index contributed by atoms with van der Waals surface area (Å²) in [6, 6.07) is 17.7. The van der Waals surface area contributed by atoms with E-state index in [4.69, 9.17) is 0 Å². The number of halogens is 1. The zero-order valence-corrected chi connectivity index (χ0v) is 25.1. The molecule has 10 nitrogen and oxygen atoms in total. The molecule has 0 radical (unpaired) electrons. The van der Waals surface area contributed by atoms with E-state index in [0.29, 0.717) is 29.6 Å². The summed E-state index contributed by atoms with van der Waals surface area (Å²) in [5.41, 5.74) is 3.49. The molecule has 1 unspecified atom stereocenters. The number of carboxylic acid groups (broad SMARTS) is 1. The molecule has 4 aromatic rings. The van der Waals surface area contributed by atoms with E-state index in [1.165, 1.54) is 27.3 Å². The Morgan fingerprint density at radius 2 is 1.61 bits per heavy atom. The zero-order chi connectivity index (χ0) is 31.4. The molecule has 1 fully saturated rings. The number of nitrogens with zero attached hydrogens (tertiary/aromatic N) is 4. The molecule has 0 amide bonds. The second kappa shape index (κ2) is 13.0. The van der Waals surface area contributed by atoms with Gasteiger partial charge in [-0.05, 0) is 66.1 Å². The van der Waals surface area contributed by atoms with Crippen LogP contribution in [0.3, 0.4) is 0 Å². The molecule has 1 aliphatic rings. The third-order valence-corrected chi connectivity index (χ3v) is 9.06. The van der Waals surface area contributed by atoms with Crippen LogP contribution in [0.5, 0.6) is 0 Å². The van der Waals surface area contributed by atoms with E-state index < -0.39 is 28.1 Å². The molecule has 5 rings (SSSR count). The van der Waals surface area contributed by atoms with Crippen LogP contribution in [0.25, 0.3) is 10.9 Å². The van der Waals surface area contributed by atoms with Crippen LogP contribution in [0.1, 0.15) is 30.5 Å². The van der Waals surface area contributed by atoms with Crippen LogP contribution >= 0.6 is 0 Å². The van der Waals surface area contributed by atoms with Gasteiger partial charge in [-0.2, -0.15) is 17.4 Å². The van der Waals surface area contributed by atoms with E-state index in [0.717, 1.165) is 16.8 Å². The van der Waals surface area contributed by atoms with Gasteiger partial charge in [0.15, 0.2) is 0 Å². The van der Waals surface area contributed by atoms with Crippen molar-refractivity contribution in [2.24, 2.45) is 5.92 Å². The fourth-order valence-electron chi connectivity index (χ4n) is 4.93. The van der Waals surface area contributed by atoms with Crippen molar-refractivity contribution < 1.29 is 22.7 Å². The number of fused-ring (bicyclic) bond motifs is 1. The van der Waals surface area contributed by atoms with E-state index in [1.54, 1.807) is 38.1 Å². The Morgan fingerprint density at radius 3 is 2.25 bits per heavy atom. The quantitative estimate of drug-likeness (QED) is 0.291. The molecule has 0 aliphatic carbocycles. The molecule has 1 aliphatic heterocycles. The molecule has 0 bridgehead atoms. The van der Waals surface area contributed by atoms with Crippen LogP contribution in [-0.4, -0.2) is 65.6 Å². The molecule has 0 saturated carbocycles. The van der Waals surface area contributed by atoms with E-state index in [1.807, 2.05) is 30.3 Å². The van der Waals surface area contributed by atoms with Gasteiger partial charge < -0.3 is 10.0 Å². The highest BCUT2D eigenvalue weighted by molar-refractivity contribution is 7.87. The predicted molar refractivity (Wildman–Crippen MR) is 166 cm³/mol. The number of nitrogens with one attached hydrogen (secondary N) is 1. The van der Waals surface area contributed by atoms with E-state index in [-0.39, 0.29) is 31.0 Å². The van der Waals surface area contributed by atoms with Crippen molar-refractivity contribution in [3.63, 3.8) is 0 Å². The van der Waals surface area contributed by atoms with E-state index in [2.05, 4.69) is 26.4 Å². The lowest BCUT2D eigenvalue weighted by Crippen LogP contribution is -2.55. The molecule has 3 aromatic carbocycles. The minimum absolute atomic E-state index is 0.211. The van der Waals surface area contributed by atoms with E-state index >= 15 is 0 Å². The summed E-state index contributed by atoms with van der Waals surface area (Å²) in [6.07, 6.45) is 1.48. The van der Waals surface area contributed by atoms with Crippen LogP contribution in [0.15, 0.2) is 77.9 Å². The van der Waals surface area contributed by atoms with Crippen molar-refractivity contribution in [1.82, 2.24) is 18.6 Å². The van der Waals surface area contributed by atoms with Gasteiger partial charge in [0.25, 0.3) is 15.8 Å². The van der Waals surface area contributed by atoms with Gasteiger partial charge in [-0.3, -0.25) is 14.2 Å². The first-order valence-corrected chi connectivity index (χ1v) is 15.5. The Hall–Kier alpha value is -4.57. The number of anilines is 1. The van der Waals surface area contributed by atoms with Crippen molar-refractivity contribution >= 4 is 32.8 Å². The first-order chi connectivity index (χ1) is 21.0. The largest absolute Gasteiger partial charge is 0.480 e. The number of aliphatic carboxylic acids is 1. The minimum atomic E-state index is -3.93. The van der Waals surface area contributed by atoms with E-state index in [9.17, 15) is 27.5 Å². The number of benzene rings is 3. The topological polar surface area (TPSA) is 125 Å². The predicted octanol–water partition coefficient (Wildman–Crippen LogP) is 3.05. The second-order valence-electron chi connectivity index (χ2n) is 10.9. The number of carbonyl (C=O) groups is 1. The summed E-state index contributed by atoms with van der Waals surface area (Å²) in [7, 11) is -3.93. The van der Waals surface area contributed by atoms with Gasteiger partial charge in [-0.25, -0.2) is 9.37 Å². The minimum Gasteiger partial charge on any atom is -0.480 e. The third-order valence-electron chi connectivity index (χ3n) is 7.46. The van der Waals surface area contributed by atoms with Gasteiger partial charge in [-0.15, -0.1) is 0 Å². The van der Waals surface area contributed by atoms with Crippen molar-refractivity contribution in [1.29, 1.82) is 0 Å². The molecule has 1 atom stereocenters. The number of hydrogen-bond donors (Lipinski definition) is 2. The first kappa shape index (κ1) is 30.9. The monoisotopic (exact) mass is 617 g/mol. The standard InChI is InChI=1S/C32H32FN5O5S/c1-22(2)30(32(40)41)35-44(42,43)38-17-15-36(16-18-38)27-12-7-23(8-13-27)3-4-24-9-14-29-28(19-24)31(39)37(21-34-29)20-25-5-10-26(33)11-6-25/h5-14,19,21-22,30,35H,15-18,20H2,1-2H3,(H,40,41). The van der Waals surface area contributed by atoms with Gasteiger partial charge in [-0.1, -0.05) is 37.8 Å². The Morgan fingerprint density at radius 1 is 0.977 bits per heavy atom. The summed E-state index contributed by atoms with van der Waals surface area (Å²) in [4.78, 5) is 31.0. The molecule has 228 valence electrons. The highest BCUT2D eigenvalue weighted by Crippen LogP contribution is 2.19. The van der Waals surface area contributed by atoms with Gasteiger partial charge in [0.05, 0.1) is 23.8 Å². The number of aromatic nitrogens is 2. The summed E-state index contributed by atoms with van der Waals surface area (Å²) >= 11 is 0. The number of hydrogen-bond acceptors (Lipinski definition) is 6. The average molecular weight is 618 g/mol. The molecule has 2 heterocycles. The van der Waals surface area contributed by atoms with Crippen LogP contribution < -0.4 is 15.2 Å². The summed E-state index contributed by atoms with van der Waals surface area (Å²) in [5, 5.41) is 9.79.